The van der Waals surface area contributed by atoms with E-state index in [1.807, 2.05) is 0 Å². The Morgan fingerprint density at radius 2 is 1.35 bits per heavy atom. The lowest BCUT2D eigenvalue weighted by atomic mass is 10.2. The Kier molecular flexibility index (Phi) is 7.30. The average molecular weight is 553 g/mol. The highest BCUT2D eigenvalue weighted by atomic mass is 35.5. The second-order valence-electron chi connectivity index (χ2n) is 6.95. The van der Waals surface area contributed by atoms with Crippen molar-refractivity contribution >= 4 is 91.2 Å². The SMILES string of the molecule is O=C(NNC(=O)c1ccc(Cl)cc1Cl)c1ccc(NC(=O)c2sc3cc(Cl)ccc3c2Cl)cc1. The molecule has 0 aliphatic rings. The molecule has 6 nitrogen and oxygen atoms in total. The molecule has 1 aromatic heterocycles. The van der Waals surface area contributed by atoms with Gasteiger partial charge in [0.2, 0.25) is 0 Å². The van der Waals surface area contributed by atoms with Crippen LogP contribution in [0.25, 0.3) is 10.1 Å². The molecule has 0 bridgehead atoms. The third-order valence-electron chi connectivity index (χ3n) is 4.67. The molecule has 0 unspecified atom stereocenters. The number of benzene rings is 3. The van der Waals surface area contributed by atoms with E-state index in [2.05, 4.69) is 16.2 Å². The molecule has 0 atom stereocenters. The van der Waals surface area contributed by atoms with Crippen molar-refractivity contribution in [1.82, 2.24) is 10.9 Å². The van der Waals surface area contributed by atoms with Crippen molar-refractivity contribution in [2.24, 2.45) is 0 Å². The number of carbonyl (C=O) groups excluding carboxylic acids is 3. The molecule has 0 aliphatic carbocycles. The number of halogens is 4. The summed E-state index contributed by atoms with van der Waals surface area (Å²) >= 11 is 25.4. The van der Waals surface area contributed by atoms with E-state index in [4.69, 9.17) is 46.4 Å². The lowest BCUT2D eigenvalue weighted by Crippen LogP contribution is -2.41. The largest absolute Gasteiger partial charge is 0.321 e. The van der Waals surface area contributed by atoms with E-state index in [0.717, 1.165) is 10.1 Å². The maximum Gasteiger partial charge on any atom is 0.271 e. The van der Waals surface area contributed by atoms with Crippen LogP contribution < -0.4 is 16.2 Å². The summed E-state index contributed by atoms with van der Waals surface area (Å²) in [7, 11) is 0. The minimum absolute atomic E-state index is 0.154. The van der Waals surface area contributed by atoms with E-state index in [1.54, 1.807) is 30.3 Å². The number of amides is 3. The second-order valence-corrected chi connectivity index (χ2v) is 9.66. The van der Waals surface area contributed by atoms with E-state index in [9.17, 15) is 14.4 Å². The van der Waals surface area contributed by atoms with Gasteiger partial charge >= 0.3 is 0 Å². The maximum absolute atomic E-state index is 12.7. The Bertz CT molecular complexity index is 1440. The van der Waals surface area contributed by atoms with Gasteiger partial charge in [0.05, 0.1) is 15.6 Å². The topological polar surface area (TPSA) is 87.3 Å². The number of thiophene rings is 1. The van der Waals surface area contributed by atoms with Gasteiger partial charge in [0.15, 0.2) is 0 Å². The van der Waals surface area contributed by atoms with E-state index < -0.39 is 11.8 Å². The molecule has 0 fully saturated rings. The standard InChI is InChI=1S/C23H13Cl4N3O3S/c24-12-3-7-15(17(26)9-12)22(32)30-29-21(31)11-1-5-14(6-2-11)28-23(33)20-19(27)16-8-4-13(25)10-18(16)34-20/h1-10H,(H,28,33)(H,29,31)(H,30,32). The van der Waals surface area contributed by atoms with Crippen LogP contribution in [0.15, 0.2) is 60.7 Å². The smallest absolute Gasteiger partial charge is 0.271 e. The van der Waals surface area contributed by atoms with Crippen LogP contribution >= 0.6 is 57.7 Å². The van der Waals surface area contributed by atoms with Crippen molar-refractivity contribution in [3.05, 3.63) is 96.8 Å². The zero-order valence-electron chi connectivity index (χ0n) is 16.9. The maximum atomic E-state index is 12.7. The fourth-order valence-corrected chi connectivity index (χ4v) is 5.19. The molecular formula is C23H13Cl4N3O3S. The molecule has 0 saturated carbocycles. The van der Waals surface area contributed by atoms with Crippen LogP contribution in [-0.4, -0.2) is 17.7 Å². The molecule has 0 saturated heterocycles. The lowest BCUT2D eigenvalue weighted by Gasteiger charge is -2.09. The number of rotatable bonds is 4. The summed E-state index contributed by atoms with van der Waals surface area (Å²) < 4.78 is 0.802. The number of carbonyl (C=O) groups is 3. The van der Waals surface area contributed by atoms with E-state index in [1.165, 1.54) is 41.7 Å². The summed E-state index contributed by atoms with van der Waals surface area (Å²) in [5.74, 6) is -1.53. The van der Waals surface area contributed by atoms with Crippen molar-refractivity contribution < 1.29 is 14.4 Å². The molecule has 4 rings (SSSR count). The van der Waals surface area contributed by atoms with Crippen molar-refractivity contribution in [3.63, 3.8) is 0 Å². The minimum Gasteiger partial charge on any atom is -0.321 e. The Morgan fingerprint density at radius 3 is 2.06 bits per heavy atom. The lowest BCUT2D eigenvalue weighted by molar-refractivity contribution is 0.0847. The van der Waals surface area contributed by atoms with Crippen LogP contribution in [0.5, 0.6) is 0 Å². The monoisotopic (exact) mass is 551 g/mol. The van der Waals surface area contributed by atoms with Crippen LogP contribution in [-0.2, 0) is 0 Å². The molecular weight excluding hydrogens is 540 g/mol. The molecule has 0 spiro atoms. The van der Waals surface area contributed by atoms with Crippen LogP contribution in [0.3, 0.4) is 0 Å². The van der Waals surface area contributed by atoms with Crippen molar-refractivity contribution in [2.75, 3.05) is 5.32 Å². The summed E-state index contributed by atoms with van der Waals surface area (Å²) in [6.07, 6.45) is 0. The quantitative estimate of drug-likeness (QED) is 0.242. The Labute approximate surface area is 217 Å². The van der Waals surface area contributed by atoms with Gasteiger partial charge in [0.25, 0.3) is 17.7 Å². The number of fused-ring (bicyclic) bond motifs is 1. The molecule has 0 radical (unpaired) electrons. The number of hydrazine groups is 1. The van der Waals surface area contributed by atoms with E-state index in [-0.39, 0.29) is 22.1 Å². The average Bonchev–Trinajstić information content (AvgIpc) is 3.13. The summed E-state index contributed by atoms with van der Waals surface area (Å²) in [4.78, 5) is 37.6. The first kappa shape index (κ1) is 24.3. The normalized spacial score (nSPS) is 10.7. The number of nitrogens with one attached hydrogen (secondary N) is 3. The highest BCUT2D eigenvalue weighted by molar-refractivity contribution is 7.21. The molecule has 172 valence electrons. The zero-order valence-corrected chi connectivity index (χ0v) is 20.8. The number of anilines is 1. The molecule has 3 N–H and O–H groups in total. The molecule has 11 heteroatoms. The Balaban J connectivity index is 1.39. The van der Waals surface area contributed by atoms with Crippen LogP contribution in [0.2, 0.25) is 20.1 Å². The zero-order chi connectivity index (χ0) is 24.4. The third-order valence-corrected chi connectivity index (χ3v) is 7.11. The Hall–Kier alpha value is -2.81. The first-order valence-corrected chi connectivity index (χ1v) is 11.9. The van der Waals surface area contributed by atoms with Gasteiger partial charge in [-0.2, -0.15) is 0 Å². The highest BCUT2D eigenvalue weighted by Crippen LogP contribution is 2.37. The molecule has 1 heterocycles. The van der Waals surface area contributed by atoms with Crippen molar-refractivity contribution in [3.8, 4) is 0 Å². The van der Waals surface area contributed by atoms with Gasteiger partial charge in [0, 0.05) is 31.4 Å². The van der Waals surface area contributed by atoms with Gasteiger partial charge in [0.1, 0.15) is 4.88 Å². The van der Waals surface area contributed by atoms with Gasteiger partial charge in [-0.15, -0.1) is 11.3 Å². The summed E-state index contributed by atoms with van der Waals surface area (Å²) in [5.41, 5.74) is 5.48. The summed E-state index contributed by atoms with van der Waals surface area (Å²) in [6, 6.07) is 15.7. The molecule has 3 amide bonds. The number of hydrogen-bond acceptors (Lipinski definition) is 4. The van der Waals surface area contributed by atoms with Crippen molar-refractivity contribution in [2.45, 2.75) is 0 Å². The van der Waals surface area contributed by atoms with Crippen LogP contribution in [0.1, 0.15) is 30.4 Å². The molecule has 3 aromatic carbocycles. The van der Waals surface area contributed by atoms with Crippen LogP contribution in [0.4, 0.5) is 5.69 Å². The predicted molar refractivity (Wildman–Crippen MR) is 138 cm³/mol. The van der Waals surface area contributed by atoms with Gasteiger partial charge in [-0.25, -0.2) is 0 Å². The first-order valence-electron chi connectivity index (χ1n) is 9.57. The van der Waals surface area contributed by atoms with Gasteiger partial charge in [-0.3, -0.25) is 25.2 Å². The molecule has 0 aliphatic heterocycles. The second kappa shape index (κ2) is 10.2. The first-order chi connectivity index (χ1) is 16.2. The van der Waals surface area contributed by atoms with Crippen LogP contribution in [0, 0.1) is 0 Å². The van der Waals surface area contributed by atoms with Gasteiger partial charge in [-0.05, 0) is 54.6 Å². The number of hydrogen-bond donors (Lipinski definition) is 3. The highest BCUT2D eigenvalue weighted by Gasteiger charge is 2.18. The molecule has 4 aromatic rings. The fraction of sp³-hybridized carbons (Fsp3) is 0. The minimum atomic E-state index is -0.597. The van der Waals surface area contributed by atoms with Gasteiger partial charge < -0.3 is 5.32 Å². The summed E-state index contributed by atoms with van der Waals surface area (Å²) in [5, 5.41) is 4.94. The van der Waals surface area contributed by atoms with E-state index >= 15 is 0 Å². The predicted octanol–water partition coefficient (Wildman–Crippen LogP) is 6.84. The fourth-order valence-electron chi connectivity index (χ4n) is 3.00. The molecule has 34 heavy (non-hydrogen) atoms. The van der Waals surface area contributed by atoms with Gasteiger partial charge in [-0.1, -0.05) is 52.5 Å². The third kappa shape index (κ3) is 5.29. The summed E-state index contributed by atoms with van der Waals surface area (Å²) in [6.45, 7) is 0. The Morgan fingerprint density at radius 1 is 0.706 bits per heavy atom. The van der Waals surface area contributed by atoms with E-state index in [0.29, 0.717) is 25.6 Å². The van der Waals surface area contributed by atoms with Crippen molar-refractivity contribution in [1.29, 1.82) is 0 Å².